The molecule has 0 aliphatic rings. The molecule has 134 valence electrons. The van der Waals surface area contributed by atoms with E-state index < -0.39 is 11.6 Å². The van der Waals surface area contributed by atoms with Crippen molar-refractivity contribution in [1.29, 1.82) is 0 Å². The third-order valence-corrected chi connectivity index (χ3v) is 3.15. The van der Waals surface area contributed by atoms with Crippen LogP contribution in [0.2, 0.25) is 0 Å². The molecule has 1 amide bonds. The van der Waals surface area contributed by atoms with Crippen molar-refractivity contribution in [2.24, 2.45) is 0 Å². The smallest absolute Gasteiger partial charge is 0.243 e. The number of carbonyl (C=O) groups excluding carboxylic acids is 1. The number of halogens is 2. The molecule has 0 spiro atoms. The molecule has 0 aliphatic heterocycles. The molecule has 2 rings (SSSR count). The van der Waals surface area contributed by atoms with Gasteiger partial charge in [-0.25, -0.2) is 8.78 Å². The maximum atomic E-state index is 13.1. The molecule has 0 bridgehead atoms. The number of amides is 1. The number of benzene rings is 2. The van der Waals surface area contributed by atoms with Crippen LogP contribution in [0.3, 0.4) is 0 Å². The van der Waals surface area contributed by atoms with Crippen molar-refractivity contribution in [1.82, 2.24) is 0 Å². The molecule has 0 saturated carbocycles. The summed E-state index contributed by atoms with van der Waals surface area (Å²) in [6, 6.07) is 8.10. The van der Waals surface area contributed by atoms with Gasteiger partial charge in [0, 0.05) is 17.8 Å². The van der Waals surface area contributed by atoms with E-state index in [-0.39, 0.29) is 18.1 Å². The van der Waals surface area contributed by atoms with Crippen molar-refractivity contribution in [3.8, 4) is 11.5 Å². The number of ether oxygens (including phenoxy) is 2. The Kier molecular flexibility index (Phi) is 6.56. The van der Waals surface area contributed by atoms with Crippen LogP contribution in [0.4, 0.5) is 20.2 Å². The van der Waals surface area contributed by atoms with Gasteiger partial charge in [-0.05, 0) is 38.1 Å². The van der Waals surface area contributed by atoms with Crippen LogP contribution in [-0.4, -0.2) is 25.7 Å². The summed E-state index contributed by atoms with van der Waals surface area (Å²) in [6.45, 7) is 4.47. The van der Waals surface area contributed by atoms with E-state index in [1.54, 1.807) is 18.2 Å². The zero-order valence-corrected chi connectivity index (χ0v) is 14.1. The summed E-state index contributed by atoms with van der Waals surface area (Å²) in [7, 11) is 0. The first kappa shape index (κ1) is 18.5. The third kappa shape index (κ3) is 5.63. The normalized spacial score (nSPS) is 10.2. The Bertz CT molecular complexity index is 718. The largest absolute Gasteiger partial charge is 0.494 e. The van der Waals surface area contributed by atoms with E-state index in [0.717, 1.165) is 18.2 Å². The highest BCUT2D eigenvalue weighted by Gasteiger charge is 2.10. The summed E-state index contributed by atoms with van der Waals surface area (Å²) in [5.41, 5.74) is 0.644. The molecule has 25 heavy (non-hydrogen) atoms. The minimum Gasteiger partial charge on any atom is -0.494 e. The summed E-state index contributed by atoms with van der Waals surface area (Å²) < 4.78 is 37.2. The van der Waals surface area contributed by atoms with Gasteiger partial charge in [0.1, 0.15) is 23.1 Å². The average Bonchev–Trinajstić information content (AvgIpc) is 2.55. The van der Waals surface area contributed by atoms with Crippen LogP contribution in [-0.2, 0) is 4.79 Å². The van der Waals surface area contributed by atoms with Crippen molar-refractivity contribution >= 4 is 17.3 Å². The molecule has 5 nitrogen and oxygen atoms in total. The van der Waals surface area contributed by atoms with Crippen molar-refractivity contribution in [2.75, 3.05) is 30.4 Å². The summed E-state index contributed by atoms with van der Waals surface area (Å²) in [5, 5.41) is 5.37. The fourth-order valence-electron chi connectivity index (χ4n) is 2.18. The fourth-order valence-corrected chi connectivity index (χ4v) is 2.18. The van der Waals surface area contributed by atoms with Crippen molar-refractivity contribution in [3.63, 3.8) is 0 Å². The van der Waals surface area contributed by atoms with Crippen LogP contribution < -0.4 is 20.1 Å². The standard InChI is InChI=1S/C18H20F2N2O3/c1-3-24-15-5-6-17(25-4-2)16(10-15)22-18(23)11-21-14-8-12(19)7-13(20)9-14/h5-10,21H,3-4,11H2,1-2H3,(H,22,23). The van der Waals surface area contributed by atoms with Gasteiger partial charge < -0.3 is 20.1 Å². The van der Waals surface area contributed by atoms with Gasteiger partial charge >= 0.3 is 0 Å². The highest BCUT2D eigenvalue weighted by Crippen LogP contribution is 2.29. The maximum absolute atomic E-state index is 13.1. The number of rotatable bonds is 8. The number of hydrogen-bond acceptors (Lipinski definition) is 4. The molecule has 0 saturated heterocycles. The number of anilines is 2. The van der Waals surface area contributed by atoms with Crippen LogP contribution in [0.5, 0.6) is 11.5 Å². The molecule has 2 N–H and O–H groups in total. The summed E-state index contributed by atoms with van der Waals surface area (Å²) in [5.74, 6) is -0.714. The molecule has 0 radical (unpaired) electrons. The molecular formula is C18H20F2N2O3. The molecule has 0 aliphatic carbocycles. The van der Waals surface area contributed by atoms with Crippen molar-refractivity contribution in [2.45, 2.75) is 13.8 Å². The van der Waals surface area contributed by atoms with E-state index in [0.29, 0.717) is 30.4 Å². The van der Waals surface area contributed by atoms with Crippen LogP contribution in [0.1, 0.15) is 13.8 Å². The predicted molar refractivity (Wildman–Crippen MR) is 92.3 cm³/mol. The van der Waals surface area contributed by atoms with E-state index >= 15 is 0 Å². The van der Waals surface area contributed by atoms with Gasteiger partial charge in [0.05, 0.1) is 25.4 Å². The van der Waals surface area contributed by atoms with Gasteiger partial charge in [-0.1, -0.05) is 0 Å². The van der Waals surface area contributed by atoms with Crippen LogP contribution >= 0.6 is 0 Å². The van der Waals surface area contributed by atoms with E-state index in [9.17, 15) is 13.6 Å². The molecule has 0 aromatic heterocycles. The van der Waals surface area contributed by atoms with E-state index in [2.05, 4.69) is 10.6 Å². The molecule has 0 fully saturated rings. The van der Waals surface area contributed by atoms with Crippen LogP contribution in [0, 0.1) is 11.6 Å². The molecule has 2 aromatic rings. The van der Waals surface area contributed by atoms with E-state index in [1.165, 1.54) is 0 Å². The van der Waals surface area contributed by atoms with Crippen molar-refractivity contribution in [3.05, 3.63) is 48.0 Å². The van der Waals surface area contributed by atoms with E-state index in [1.807, 2.05) is 13.8 Å². The van der Waals surface area contributed by atoms with Gasteiger partial charge in [0.2, 0.25) is 5.91 Å². The Labute approximate surface area is 144 Å². The second-order valence-electron chi connectivity index (χ2n) is 5.08. The van der Waals surface area contributed by atoms with E-state index in [4.69, 9.17) is 9.47 Å². The highest BCUT2D eigenvalue weighted by atomic mass is 19.1. The SMILES string of the molecule is CCOc1ccc(OCC)c(NC(=O)CNc2cc(F)cc(F)c2)c1. The topological polar surface area (TPSA) is 59.6 Å². The summed E-state index contributed by atoms with van der Waals surface area (Å²) in [4.78, 5) is 12.1. The Morgan fingerprint density at radius 3 is 2.32 bits per heavy atom. The lowest BCUT2D eigenvalue weighted by molar-refractivity contribution is -0.114. The fraction of sp³-hybridized carbons (Fsp3) is 0.278. The quantitative estimate of drug-likeness (QED) is 0.760. The van der Waals surface area contributed by atoms with Gasteiger partial charge in [0.15, 0.2) is 0 Å². The van der Waals surface area contributed by atoms with Gasteiger partial charge in [-0.2, -0.15) is 0 Å². The number of carbonyl (C=O) groups is 1. The minimum atomic E-state index is -0.717. The highest BCUT2D eigenvalue weighted by molar-refractivity contribution is 5.95. The van der Waals surface area contributed by atoms with Gasteiger partial charge in [-0.15, -0.1) is 0 Å². The zero-order valence-electron chi connectivity index (χ0n) is 14.1. The number of hydrogen-bond donors (Lipinski definition) is 2. The van der Waals surface area contributed by atoms with Crippen molar-refractivity contribution < 1.29 is 23.0 Å². The Balaban J connectivity index is 2.04. The maximum Gasteiger partial charge on any atom is 0.243 e. The Morgan fingerprint density at radius 2 is 1.68 bits per heavy atom. The van der Waals surface area contributed by atoms with Gasteiger partial charge in [-0.3, -0.25) is 4.79 Å². The summed E-state index contributed by atoms with van der Waals surface area (Å²) in [6.07, 6.45) is 0. The minimum absolute atomic E-state index is 0.159. The second-order valence-corrected chi connectivity index (χ2v) is 5.08. The zero-order chi connectivity index (χ0) is 18.2. The molecule has 2 aromatic carbocycles. The second kappa shape index (κ2) is 8.86. The molecule has 7 heteroatoms. The Hall–Kier alpha value is -2.83. The molecule has 0 atom stereocenters. The number of nitrogens with one attached hydrogen (secondary N) is 2. The molecular weight excluding hydrogens is 330 g/mol. The molecule has 0 heterocycles. The first-order valence-electron chi connectivity index (χ1n) is 7.91. The summed E-state index contributed by atoms with van der Waals surface area (Å²) >= 11 is 0. The molecule has 0 unspecified atom stereocenters. The lowest BCUT2D eigenvalue weighted by Gasteiger charge is -2.14. The Morgan fingerprint density at radius 1 is 1.00 bits per heavy atom. The average molecular weight is 350 g/mol. The predicted octanol–water partition coefficient (Wildman–Crippen LogP) is 3.81. The lowest BCUT2D eigenvalue weighted by atomic mass is 10.2. The first-order valence-corrected chi connectivity index (χ1v) is 7.91. The first-order chi connectivity index (χ1) is 12.0. The van der Waals surface area contributed by atoms with Gasteiger partial charge in [0.25, 0.3) is 0 Å². The third-order valence-electron chi connectivity index (χ3n) is 3.15. The monoisotopic (exact) mass is 350 g/mol. The van der Waals surface area contributed by atoms with Crippen LogP contribution in [0.15, 0.2) is 36.4 Å². The lowest BCUT2D eigenvalue weighted by Crippen LogP contribution is -2.22. The van der Waals surface area contributed by atoms with Crippen LogP contribution in [0.25, 0.3) is 0 Å².